The second-order valence-electron chi connectivity index (χ2n) is 4.31. The lowest BCUT2D eigenvalue weighted by Gasteiger charge is -2.15. The van der Waals surface area contributed by atoms with Crippen LogP contribution in [0.3, 0.4) is 0 Å². The molecule has 2 N–H and O–H groups in total. The lowest BCUT2D eigenvalue weighted by atomic mass is 10.1. The third-order valence-electron chi connectivity index (χ3n) is 2.68. The molecule has 0 saturated heterocycles. The van der Waals surface area contributed by atoms with E-state index in [1.54, 1.807) is 6.07 Å². The first kappa shape index (κ1) is 16.1. The van der Waals surface area contributed by atoms with Crippen molar-refractivity contribution in [2.75, 3.05) is 0 Å². The summed E-state index contributed by atoms with van der Waals surface area (Å²) in [4.78, 5) is 11.1. The molecule has 5 nitrogen and oxygen atoms in total. The number of carbonyl (C=O) groups is 1. The van der Waals surface area contributed by atoms with E-state index >= 15 is 0 Å². The first-order valence-electron chi connectivity index (χ1n) is 6.21. The zero-order valence-electron chi connectivity index (χ0n) is 11.0. The number of hydrogen-bond acceptors (Lipinski definition) is 4. The minimum atomic E-state index is -3.53. The Hall–Kier alpha value is -0.920. The summed E-state index contributed by atoms with van der Waals surface area (Å²) in [5, 5.41) is 8.67. The van der Waals surface area contributed by atoms with Crippen LogP contribution in [-0.4, -0.2) is 25.5 Å². The second-order valence-corrected chi connectivity index (χ2v) is 7.42. The molecule has 1 rings (SSSR count). The number of thiophene rings is 1. The van der Waals surface area contributed by atoms with Crippen LogP contribution in [0.15, 0.2) is 16.3 Å². The largest absolute Gasteiger partial charge is 0.481 e. The summed E-state index contributed by atoms with van der Waals surface area (Å²) < 4.78 is 27.1. The third kappa shape index (κ3) is 4.93. The molecule has 0 bridgehead atoms. The fourth-order valence-electron chi connectivity index (χ4n) is 1.72. The first-order chi connectivity index (χ1) is 8.89. The predicted octanol–water partition coefficient (Wildman–Crippen LogP) is 2.23. The highest BCUT2D eigenvalue weighted by Gasteiger charge is 2.20. The van der Waals surface area contributed by atoms with Gasteiger partial charge >= 0.3 is 5.97 Å². The molecule has 1 aromatic heterocycles. The van der Waals surface area contributed by atoms with Crippen LogP contribution in [0.1, 0.15) is 38.0 Å². The maximum Gasteiger partial charge on any atom is 0.308 e. The quantitative estimate of drug-likeness (QED) is 0.771. The van der Waals surface area contributed by atoms with Gasteiger partial charge in [-0.3, -0.25) is 4.79 Å². The summed E-state index contributed by atoms with van der Waals surface area (Å²) in [5.41, 5.74) is 0. The summed E-state index contributed by atoms with van der Waals surface area (Å²) in [7, 11) is -3.53. The van der Waals surface area contributed by atoms with Crippen molar-refractivity contribution in [3.8, 4) is 0 Å². The first-order valence-corrected chi connectivity index (χ1v) is 8.51. The third-order valence-corrected chi connectivity index (χ3v) is 5.78. The molecule has 0 amide bonds. The van der Waals surface area contributed by atoms with E-state index in [9.17, 15) is 13.2 Å². The van der Waals surface area contributed by atoms with E-state index in [0.29, 0.717) is 4.88 Å². The van der Waals surface area contributed by atoms with Gasteiger partial charge in [0.25, 0.3) is 0 Å². The number of carboxylic acids is 1. The van der Waals surface area contributed by atoms with Crippen LogP contribution in [0.2, 0.25) is 0 Å². The van der Waals surface area contributed by atoms with Gasteiger partial charge in [0.1, 0.15) is 4.21 Å². The molecule has 1 heterocycles. The Morgan fingerprint density at radius 3 is 2.63 bits per heavy atom. The highest BCUT2D eigenvalue weighted by atomic mass is 32.2. The Labute approximate surface area is 117 Å². The molecule has 0 radical (unpaired) electrons. The fourth-order valence-corrected chi connectivity index (χ4v) is 4.44. The number of carboxylic acid groups (broad SMARTS) is 1. The van der Waals surface area contributed by atoms with E-state index in [0.717, 1.165) is 30.6 Å². The van der Waals surface area contributed by atoms with Gasteiger partial charge in [0.2, 0.25) is 10.0 Å². The standard InChI is InChI=1S/C12H19NO4S2/c1-3-5-9(4-2)13-19(16,17)12-7-6-10(18-12)8-11(14)15/h6-7,9,13H,3-5,8H2,1-2H3,(H,14,15). The zero-order valence-corrected chi connectivity index (χ0v) is 12.7. The molecule has 0 spiro atoms. The summed E-state index contributed by atoms with van der Waals surface area (Å²) in [6.07, 6.45) is 2.30. The van der Waals surface area contributed by atoms with Crippen LogP contribution in [-0.2, 0) is 21.2 Å². The highest BCUT2D eigenvalue weighted by Crippen LogP contribution is 2.22. The van der Waals surface area contributed by atoms with E-state index in [1.807, 2.05) is 13.8 Å². The Morgan fingerprint density at radius 1 is 1.42 bits per heavy atom. The van der Waals surface area contributed by atoms with Crippen LogP contribution in [0.25, 0.3) is 0 Å². The van der Waals surface area contributed by atoms with Crippen LogP contribution < -0.4 is 4.72 Å². The molecule has 1 aromatic rings. The van der Waals surface area contributed by atoms with Crippen molar-refractivity contribution in [1.29, 1.82) is 0 Å². The molecule has 0 saturated carbocycles. The normalized spacial score (nSPS) is 13.4. The highest BCUT2D eigenvalue weighted by molar-refractivity contribution is 7.91. The van der Waals surface area contributed by atoms with Crippen molar-refractivity contribution < 1.29 is 18.3 Å². The summed E-state index contributed by atoms with van der Waals surface area (Å²) in [5.74, 6) is -0.962. The van der Waals surface area contributed by atoms with Crippen LogP contribution in [0.4, 0.5) is 0 Å². The number of aliphatic carboxylic acids is 1. The van der Waals surface area contributed by atoms with E-state index in [4.69, 9.17) is 5.11 Å². The summed E-state index contributed by atoms with van der Waals surface area (Å²) >= 11 is 1.01. The lowest BCUT2D eigenvalue weighted by molar-refractivity contribution is -0.136. The molecule has 0 aromatic carbocycles. The van der Waals surface area contributed by atoms with Gasteiger partial charge in [-0.05, 0) is 25.0 Å². The average Bonchev–Trinajstić information content (AvgIpc) is 2.76. The van der Waals surface area contributed by atoms with Crippen molar-refractivity contribution in [2.24, 2.45) is 0 Å². The van der Waals surface area contributed by atoms with Gasteiger partial charge < -0.3 is 5.11 Å². The minimum Gasteiger partial charge on any atom is -0.481 e. The summed E-state index contributed by atoms with van der Waals surface area (Å²) in [6.45, 7) is 3.94. The van der Waals surface area contributed by atoms with Crippen molar-refractivity contribution in [1.82, 2.24) is 4.72 Å². The van der Waals surface area contributed by atoms with Gasteiger partial charge in [0, 0.05) is 10.9 Å². The lowest BCUT2D eigenvalue weighted by Crippen LogP contribution is -2.33. The molecular weight excluding hydrogens is 286 g/mol. The number of sulfonamides is 1. The molecule has 1 unspecified atom stereocenters. The van der Waals surface area contributed by atoms with Crippen LogP contribution in [0.5, 0.6) is 0 Å². The molecule has 0 aliphatic heterocycles. The van der Waals surface area contributed by atoms with Gasteiger partial charge in [-0.25, -0.2) is 13.1 Å². The van der Waals surface area contributed by atoms with E-state index in [2.05, 4.69) is 4.72 Å². The molecule has 7 heteroatoms. The SMILES string of the molecule is CCCC(CC)NS(=O)(=O)c1ccc(CC(=O)O)s1. The smallest absolute Gasteiger partial charge is 0.308 e. The molecule has 0 fully saturated rings. The predicted molar refractivity (Wildman–Crippen MR) is 75.0 cm³/mol. The second kappa shape index (κ2) is 7.02. The maximum absolute atomic E-state index is 12.1. The van der Waals surface area contributed by atoms with Gasteiger partial charge in [0.15, 0.2) is 0 Å². The minimum absolute atomic E-state index is 0.0694. The summed E-state index contributed by atoms with van der Waals surface area (Å²) in [6, 6.07) is 2.94. The number of hydrogen-bond donors (Lipinski definition) is 2. The molecule has 1 atom stereocenters. The van der Waals surface area contributed by atoms with Gasteiger partial charge in [-0.15, -0.1) is 11.3 Å². The van der Waals surface area contributed by atoms with E-state index in [-0.39, 0.29) is 16.7 Å². The average molecular weight is 305 g/mol. The van der Waals surface area contributed by atoms with E-state index < -0.39 is 16.0 Å². The molecule has 0 aliphatic rings. The topological polar surface area (TPSA) is 83.5 Å². The van der Waals surface area contributed by atoms with Crippen LogP contribution >= 0.6 is 11.3 Å². The monoisotopic (exact) mass is 305 g/mol. The van der Waals surface area contributed by atoms with Crippen molar-refractivity contribution in [3.63, 3.8) is 0 Å². The van der Waals surface area contributed by atoms with Crippen molar-refractivity contribution >= 4 is 27.3 Å². The number of nitrogens with one attached hydrogen (secondary N) is 1. The Bertz CT molecular complexity index is 522. The molecule has 19 heavy (non-hydrogen) atoms. The number of rotatable bonds is 8. The van der Waals surface area contributed by atoms with Crippen molar-refractivity contribution in [2.45, 2.75) is 49.8 Å². The van der Waals surface area contributed by atoms with E-state index in [1.165, 1.54) is 6.07 Å². The zero-order chi connectivity index (χ0) is 14.5. The Morgan fingerprint density at radius 2 is 2.11 bits per heavy atom. The van der Waals surface area contributed by atoms with Gasteiger partial charge in [-0.2, -0.15) is 0 Å². The van der Waals surface area contributed by atoms with Gasteiger partial charge in [-0.1, -0.05) is 20.3 Å². The maximum atomic E-state index is 12.1. The fraction of sp³-hybridized carbons (Fsp3) is 0.583. The van der Waals surface area contributed by atoms with Crippen LogP contribution in [0, 0.1) is 0 Å². The molecule has 0 aliphatic carbocycles. The Balaban J connectivity index is 2.82. The molecular formula is C12H19NO4S2. The Kier molecular flexibility index (Phi) is 5.96. The molecule has 108 valence electrons. The van der Waals surface area contributed by atoms with Gasteiger partial charge in [0.05, 0.1) is 6.42 Å². The van der Waals surface area contributed by atoms with Crippen molar-refractivity contribution in [3.05, 3.63) is 17.0 Å².